The molecule has 1 aliphatic heterocycles. The molecule has 1 unspecified atom stereocenters. The molecular weight excluding hydrogens is 208 g/mol. The Morgan fingerprint density at radius 3 is 3.00 bits per heavy atom. The first kappa shape index (κ1) is 10.5. The minimum Gasteiger partial charge on any atom is -0.383 e. The van der Waals surface area contributed by atoms with Gasteiger partial charge in [0.05, 0.1) is 0 Å². The molecule has 1 atom stereocenters. The van der Waals surface area contributed by atoms with Crippen molar-refractivity contribution in [3.63, 3.8) is 0 Å². The van der Waals surface area contributed by atoms with Crippen molar-refractivity contribution >= 4 is 23.4 Å². The van der Waals surface area contributed by atoms with Crippen molar-refractivity contribution in [1.82, 2.24) is 9.97 Å². The zero-order chi connectivity index (χ0) is 10.8. The second kappa shape index (κ2) is 4.26. The van der Waals surface area contributed by atoms with E-state index in [4.69, 9.17) is 5.73 Å². The average molecular weight is 224 g/mol. The maximum atomic E-state index is 5.77. The van der Waals surface area contributed by atoms with Crippen LogP contribution < -0.4 is 10.6 Å². The summed E-state index contributed by atoms with van der Waals surface area (Å²) in [6.07, 6.45) is 2.76. The third-order valence-corrected chi connectivity index (χ3v) is 4.03. The molecule has 0 aliphatic carbocycles. The maximum Gasteiger partial charge on any atom is 0.137 e. The summed E-state index contributed by atoms with van der Waals surface area (Å²) >= 11 is 2.00. The van der Waals surface area contributed by atoms with E-state index in [1.165, 1.54) is 24.3 Å². The van der Waals surface area contributed by atoms with Crippen LogP contribution in [0, 0.1) is 6.92 Å². The smallest absolute Gasteiger partial charge is 0.137 e. The highest BCUT2D eigenvalue weighted by atomic mass is 32.2. The molecule has 1 aromatic rings. The molecular formula is C10H16N4S. The van der Waals surface area contributed by atoms with E-state index < -0.39 is 0 Å². The van der Waals surface area contributed by atoms with Gasteiger partial charge in [-0.25, -0.2) is 9.97 Å². The Balaban J connectivity index is 2.24. The van der Waals surface area contributed by atoms with Crippen molar-refractivity contribution in [3.05, 3.63) is 11.9 Å². The SMILES string of the molecule is Cc1c(N)ncnc1N(C)C1CCSC1. The van der Waals surface area contributed by atoms with E-state index in [0.29, 0.717) is 11.9 Å². The Morgan fingerprint density at radius 2 is 2.33 bits per heavy atom. The van der Waals surface area contributed by atoms with Crippen LogP contribution in [0.5, 0.6) is 0 Å². The van der Waals surface area contributed by atoms with Gasteiger partial charge in [-0.2, -0.15) is 11.8 Å². The monoisotopic (exact) mass is 224 g/mol. The number of thioether (sulfide) groups is 1. The van der Waals surface area contributed by atoms with E-state index in [-0.39, 0.29) is 0 Å². The highest BCUT2D eigenvalue weighted by Crippen LogP contribution is 2.27. The van der Waals surface area contributed by atoms with E-state index in [1.54, 1.807) is 0 Å². The van der Waals surface area contributed by atoms with Crippen LogP contribution in [-0.4, -0.2) is 34.6 Å². The van der Waals surface area contributed by atoms with Crippen LogP contribution in [-0.2, 0) is 0 Å². The molecule has 0 aromatic carbocycles. The van der Waals surface area contributed by atoms with Crippen molar-refractivity contribution in [1.29, 1.82) is 0 Å². The minimum absolute atomic E-state index is 0.581. The Labute approximate surface area is 94.3 Å². The van der Waals surface area contributed by atoms with Crippen molar-refractivity contribution in [2.45, 2.75) is 19.4 Å². The standard InChI is InChI=1S/C10H16N4S/c1-7-9(11)12-6-13-10(7)14(2)8-3-4-15-5-8/h6,8H,3-5H2,1-2H3,(H2,11,12,13). The van der Waals surface area contributed by atoms with Crippen molar-refractivity contribution in [2.75, 3.05) is 29.2 Å². The van der Waals surface area contributed by atoms with Gasteiger partial charge in [0.2, 0.25) is 0 Å². The first-order chi connectivity index (χ1) is 7.20. The molecule has 82 valence electrons. The molecule has 2 rings (SSSR count). The minimum atomic E-state index is 0.581. The van der Waals surface area contributed by atoms with Gasteiger partial charge in [0.15, 0.2) is 0 Å². The quantitative estimate of drug-likeness (QED) is 0.821. The summed E-state index contributed by atoms with van der Waals surface area (Å²) in [5.74, 6) is 3.97. The Bertz CT molecular complexity index is 349. The molecule has 2 N–H and O–H groups in total. The fraction of sp³-hybridized carbons (Fsp3) is 0.600. The van der Waals surface area contributed by atoms with Gasteiger partial charge in [-0.05, 0) is 19.1 Å². The van der Waals surface area contributed by atoms with Crippen LogP contribution in [0.25, 0.3) is 0 Å². The predicted octanol–water partition coefficient (Wildman–Crippen LogP) is 1.31. The molecule has 15 heavy (non-hydrogen) atoms. The largest absolute Gasteiger partial charge is 0.383 e. The summed E-state index contributed by atoms with van der Waals surface area (Å²) in [6, 6.07) is 0.586. The Morgan fingerprint density at radius 1 is 1.53 bits per heavy atom. The van der Waals surface area contributed by atoms with Gasteiger partial charge in [0, 0.05) is 24.4 Å². The lowest BCUT2D eigenvalue weighted by Crippen LogP contribution is -2.32. The molecule has 1 aliphatic rings. The van der Waals surface area contributed by atoms with Gasteiger partial charge in [0.1, 0.15) is 18.0 Å². The van der Waals surface area contributed by atoms with Crippen molar-refractivity contribution in [2.24, 2.45) is 0 Å². The first-order valence-corrected chi connectivity index (χ1v) is 6.23. The highest BCUT2D eigenvalue weighted by molar-refractivity contribution is 7.99. The number of nitrogens with zero attached hydrogens (tertiary/aromatic N) is 3. The van der Waals surface area contributed by atoms with Gasteiger partial charge >= 0.3 is 0 Å². The van der Waals surface area contributed by atoms with Crippen LogP contribution in [0.1, 0.15) is 12.0 Å². The summed E-state index contributed by atoms with van der Waals surface area (Å²) in [5, 5.41) is 0. The van der Waals surface area contributed by atoms with Crippen LogP contribution >= 0.6 is 11.8 Å². The summed E-state index contributed by atoms with van der Waals surface area (Å²) < 4.78 is 0. The van der Waals surface area contributed by atoms with Crippen LogP contribution in [0.15, 0.2) is 6.33 Å². The lowest BCUT2D eigenvalue weighted by molar-refractivity contribution is 0.688. The average Bonchev–Trinajstić information content (AvgIpc) is 2.74. The van der Waals surface area contributed by atoms with Crippen LogP contribution in [0.3, 0.4) is 0 Å². The van der Waals surface area contributed by atoms with E-state index in [9.17, 15) is 0 Å². The molecule has 2 heterocycles. The fourth-order valence-electron chi connectivity index (χ4n) is 1.81. The summed E-state index contributed by atoms with van der Waals surface area (Å²) in [5.41, 5.74) is 6.76. The van der Waals surface area contributed by atoms with Gasteiger partial charge in [-0.15, -0.1) is 0 Å². The van der Waals surface area contributed by atoms with Crippen LogP contribution in [0.4, 0.5) is 11.6 Å². The van der Waals surface area contributed by atoms with Crippen molar-refractivity contribution in [3.8, 4) is 0 Å². The second-order valence-corrected chi connectivity index (χ2v) is 4.99. The first-order valence-electron chi connectivity index (χ1n) is 5.08. The second-order valence-electron chi connectivity index (χ2n) is 3.84. The number of hydrogen-bond donors (Lipinski definition) is 1. The van der Waals surface area contributed by atoms with Crippen LogP contribution in [0.2, 0.25) is 0 Å². The third kappa shape index (κ3) is 2.02. The number of hydrogen-bond acceptors (Lipinski definition) is 5. The number of aromatic nitrogens is 2. The Kier molecular flexibility index (Phi) is 3.00. The molecule has 5 heteroatoms. The predicted molar refractivity (Wildman–Crippen MR) is 65.3 cm³/mol. The molecule has 1 fully saturated rings. The third-order valence-electron chi connectivity index (χ3n) is 2.88. The lowest BCUT2D eigenvalue weighted by Gasteiger charge is -2.26. The zero-order valence-corrected chi connectivity index (χ0v) is 9.92. The maximum absolute atomic E-state index is 5.77. The lowest BCUT2D eigenvalue weighted by atomic mass is 10.2. The molecule has 0 spiro atoms. The van der Waals surface area contributed by atoms with E-state index >= 15 is 0 Å². The summed E-state index contributed by atoms with van der Waals surface area (Å²) in [7, 11) is 2.09. The molecule has 0 amide bonds. The summed E-state index contributed by atoms with van der Waals surface area (Å²) in [4.78, 5) is 10.5. The van der Waals surface area contributed by atoms with E-state index in [2.05, 4.69) is 21.9 Å². The van der Waals surface area contributed by atoms with E-state index in [0.717, 1.165) is 11.4 Å². The van der Waals surface area contributed by atoms with E-state index in [1.807, 2.05) is 18.7 Å². The molecule has 4 nitrogen and oxygen atoms in total. The molecule has 0 saturated carbocycles. The van der Waals surface area contributed by atoms with Gasteiger partial charge in [-0.3, -0.25) is 0 Å². The van der Waals surface area contributed by atoms with Crippen molar-refractivity contribution < 1.29 is 0 Å². The Hall–Kier alpha value is -0.970. The fourth-order valence-corrected chi connectivity index (χ4v) is 3.08. The molecule has 1 saturated heterocycles. The van der Waals surface area contributed by atoms with Gasteiger partial charge < -0.3 is 10.6 Å². The number of anilines is 2. The van der Waals surface area contributed by atoms with Gasteiger partial charge in [0.25, 0.3) is 0 Å². The number of nitrogen functional groups attached to an aromatic ring is 1. The topological polar surface area (TPSA) is 55.0 Å². The highest BCUT2D eigenvalue weighted by Gasteiger charge is 2.22. The molecule has 0 radical (unpaired) electrons. The van der Waals surface area contributed by atoms with Gasteiger partial charge in [-0.1, -0.05) is 0 Å². The number of rotatable bonds is 2. The molecule has 1 aromatic heterocycles. The zero-order valence-electron chi connectivity index (χ0n) is 9.10. The number of nitrogens with two attached hydrogens (primary N) is 1. The normalized spacial score (nSPS) is 20.5. The summed E-state index contributed by atoms with van der Waals surface area (Å²) in [6.45, 7) is 1.98. The molecule has 0 bridgehead atoms.